The van der Waals surface area contributed by atoms with Crippen molar-refractivity contribution in [2.24, 2.45) is 0 Å². The minimum atomic E-state index is -3.55. The Labute approximate surface area is 198 Å². The van der Waals surface area contributed by atoms with Gasteiger partial charge in [-0.1, -0.05) is 12.1 Å². The van der Waals surface area contributed by atoms with E-state index in [1.807, 2.05) is 0 Å². The van der Waals surface area contributed by atoms with Crippen LogP contribution in [0.5, 0.6) is 0 Å². The molecule has 0 saturated carbocycles. The first kappa shape index (κ1) is 25.2. The summed E-state index contributed by atoms with van der Waals surface area (Å²) in [5.41, 5.74) is 3.06. The molecule has 7 nitrogen and oxygen atoms in total. The maximum absolute atomic E-state index is 12.4. The van der Waals surface area contributed by atoms with Crippen LogP contribution >= 0.6 is 0 Å². The zero-order chi connectivity index (χ0) is 23.8. The van der Waals surface area contributed by atoms with Gasteiger partial charge in [-0.2, -0.15) is 0 Å². The van der Waals surface area contributed by atoms with Crippen molar-refractivity contribution in [2.45, 2.75) is 44.6 Å². The highest BCUT2D eigenvalue weighted by Gasteiger charge is 2.17. The topological polar surface area (TPSA) is 81.8 Å². The van der Waals surface area contributed by atoms with Crippen molar-refractivity contribution in [3.63, 3.8) is 0 Å². The first-order chi connectivity index (χ1) is 15.7. The molecule has 180 valence electrons. The molecule has 1 amide bonds. The van der Waals surface area contributed by atoms with E-state index in [-0.39, 0.29) is 16.8 Å². The molecule has 0 bridgehead atoms. The predicted octanol–water partition coefficient (Wildman–Crippen LogP) is 3.01. The number of aryl methyl sites for hydroxylation is 1. The molecule has 2 aromatic carbocycles. The quantitative estimate of drug-likeness (QED) is 0.520. The number of nitrogens with zero attached hydrogens (tertiary/aromatic N) is 2. The van der Waals surface area contributed by atoms with E-state index >= 15 is 0 Å². The van der Waals surface area contributed by atoms with Crippen molar-refractivity contribution in [2.75, 3.05) is 44.2 Å². The standard InChI is InChI=1S/C25H36N4O3S/c1-20(2)27-33(31,32)24-11-9-22(10-12-24)25(30)26-13-4-5-14-28-15-17-29(18-16-28)23-8-6-7-21(3)19-23/h6-12,19-20,27H,4-5,13-18H2,1-3H3,(H,26,30). The third kappa shape index (κ3) is 7.55. The van der Waals surface area contributed by atoms with Gasteiger partial charge in [0.1, 0.15) is 0 Å². The van der Waals surface area contributed by atoms with Gasteiger partial charge in [0.2, 0.25) is 10.0 Å². The van der Waals surface area contributed by atoms with Gasteiger partial charge in [0.15, 0.2) is 0 Å². The summed E-state index contributed by atoms with van der Waals surface area (Å²) in [6, 6.07) is 14.5. The fourth-order valence-corrected chi connectivity index (χ4v) is 5.23. The second-order valence-corrected chi connectivity index (χ2v) is 10.6. The fourth-order valence-electron chi connectivity index (χ4n) is 3.98. The zero-order valence-corrected chi connectivity index (χ0v) is 20.7. The highest BCUT2D eigenvalue weighted by molar-refractivity contribution is 7.89. The van der Waals surface area contributed by atoms with Crippen LogP contribution in [0, 0.1) is 6.92 Å². The zero-order valence-electron chi connectivity index (χ0n) is 19.9. The van der Waals surface area contributed by atoms with E-state index in [2.05, 4.69) is 51.0 Å². The minimum Gasteiger partial charge on any atom is -0.369 e. The average Bonchev–Trinajstić information content (AvgIpc) is 2.78. The summed E-state index contributed by atoms with van der Waals surface area (Å²) in [6.45, 7) is 11.5. The summed E-state index contributed by atoms with van der Waals surface area (Å²) < 4.78 is 26.9. The summed E-state index contributed by atoms with van der Waals surface area (Å²) >= 11 is 0. The first-order valence-corrected chi connectivity index (χ1v) is 13.2. The molecule has 33 heavy (non-hydrogen) atoms. The Kier molecular flexibility index (Phi) is 8.88. The number of piperazine rings is 1. The predicted molar refractivity (Wildman–Crippen MR) is 133 cm³/mol. The Morgan fingerprint density at radius 3 is 2.33 bits per heavy atom. The Hall–Kier alpha value is -2.42. The number of sulfonamides is 1. The van der Waals surface area contributed by atoms with E-state index < -0.39 is 10.0 Å². The van der Waals surface area contributed by atoms with E-state index in [0.29, 0.717) is 12.1 Å². The van der Waals surface area contributed by atoms with E-state index in [1.54, 1.807) is 26.0 Å². The monoisotopic (exact) mass is 472 g/mol. The van der Waals surface area contributed by atoms with Crippen LogP contribution in [0.15, 0.2) is 53.4 Å². The van der Waals surface area contributed by atoms with Crippen molar-refractivity contribution < 1.29 is 13.2 Å². The van der Waals surface area contributed by atoms with Gasteiger partial charge in [-0.25, -0.2) is 13.1 Å². The molecule has 3 rings (SSSR count). The fraction of sp³-hybridized carbons (Fsp3) is 0.480. The molecule has 1 saturated heterocycles. The lowest BCUT2D eigenvalue weighted by Crippen LogP contribution is -2.46. The number of carbonyl (C=O) groups excluding carboxylic acids is 1. The molecule has 0 aromatic heterocycles. The number of unbranched alkanes of at least 4 members (excludes halogenated alkanes) is 1. The molecule has 2 aromatic rings. The third-order valence-corrected chi connectivity index (χ3v) is 7.42. The van der Waals surface area contributed by atoms with Crippen LogP contribution < -0.4 is 14.9 Å². The number of anilines is 1. The van der Waals surface area contributed by atoms with Crippen LogP contribution in [0.25, 0.3) is 0 Å². The molecule has 8 heteroatoms. The SMILES string of the molecule is Cc1cccc(N2CCN(CCCCNC(=O)c3ccc(S(=O)(=O)NC(C)C)cc3)CC2)c1. The van der Waals surface area contributed by atoms with Gasteiger partial charge in [0.05, 0.1) is 4.90 Å². The lowest BCUT2D eigenvalue weighted by atomic mass is 10.2. The lowest BCUT2D eigenvalue weighted by Gasteiger charge is -2.36. The van der Waals surface area contributed by atoms with Crippen molar-refractivity contribution >= 4 is 21.6 Å². The lowest BCUT2D eigenvalue weighted by molar-refractivity contribution is 0.0952. The number of hydrogen-bond donors (Lipinski definition) is 2. The second-order valence-electron chi connectivity index (χ2n) is 8.93. The molecule has 0 unspecified atom stereocenters. The summed E-state index contributed by atoms with van der Waals surface area (Å²) in [5, 5.41) is 2.93. The van der Waals surface area contributed by atoms with Gasteiger partial charge < -0.3 is 10.2 Å². The highest BCUT2D eigenvalue weighted by atomic mass is 32.2. The summed E-state index contributed by atoms with van der Waals surface area (Å²) in [5.74, 6) is -0.178. The van der Waals surface area contributed by atoms with Crippen LogP contribution in [0.4, 0.5) is 5.69 Å². The van der Waals surface area contributed by atoms with E-state index in [0.717, 1.165) is 45.6 Å². The molecular weight excluding hydrogens is 436 g/mol. The molecule has 1 aliphatic rings. The molecule has 1 aliphatic heterocycles. The Balaban J connectivity index is 1.34. The number of nitrogens with one attached hydrogen (secondary N) is 2. The molecule has 2 N–H and O–H groups in total. The molecule has 0 radical (unpaired) electrons. The van der Waals surface area contributed by atoms with Gasteiger partial charge in [-0.3, -0.25) is 9.69 Å². The Morgan fingerprint density at radius 2 is 1.70 bits per heavy atom. The maximum Gasteiger partial charge on any atom is 0.251 e. The number of amides is 1. The maximum atomic E-state index is 12.4. The average molecular weight is 473 g/mol. The molecule has 0 atom stereocenters. The van der Waals surface area contributed by atoms with Gasteiger partial charge in [0.25, 0.3) is 5.91 Å². The van der Waals surface area contributed by atoms with Crippen LogP contribution in [0.3, 0.4) is 0 Å². The van der Waals surface area contributed by atoms with Gasteiger partial charge in [-0.05, 0) is 82.1 Å². The van der Waals surface area contributed by atoms with Crippen LogP contribution in [-0.2, 0) is 10.0 Å². The van der Waals surface area contributed by atoms with Gasteiger partial charge in [0, 0.05) is 50.0 Å². The summed E-state index contributed by atoms with van der Waals surface area (Å²) in [4.78, 5) is 17.4. The number of rotatable bonds is 10. The Bertz CT molecular complexity index is 1010. The van der Waals surface area contributed by atoms with Crippen LogP contribution in [0.1, 0.15) is 42.6 Å². The molecule has 0 aliphatic carbocycles. The van der Waals surface area contributed by atoms with E-state index in [1.165, 1.54) is 23.4 Å². The van der Waals surface area contributed by atoms with E-state index in [4.69, 9.17) is 0 Å². The number of carbonyl (C=O) groups is 1. The van der Waals surface area contributed by atoms with Crippen LogP contribution in [-0.4, -0.2) is 64.5 Å². The molecule has 1 fully saturated rings. The van der Waals surface area contributed by atoms with Crippen molar-refractivity contribution in [1.29, 1.82) is 0 Å². The number of hydrogen-bond acceptors (Lipinski definition) is 5. The minimum absolute atomic E-state index is 0.162. The molecular formula is C25H36N4O3S. The normalized spacial score (nSPS) is 15.1. The van der Waals surface area contributed by atoms with Crippen LogP contribution in [0.2, 0.25) is 0 Å². The van der Waals surface area contributed by atoms with Gasteiger partial charge in [-0.15, -0.1) is 0 Å². The third-order valence-electron chi connectivity index (χ3n) is 5.74. The Morgan fingerprint density at radius 1 is 1.00 bits per heavy atom. The smallest absolute Gasteiger partial charge is 0.251 e. The second kappa shape index (κ2) is 11.6. The van der Waals surface area contributed by atoms with Crippen molar-refractivity contribution in [3.8, 4) is 0 Å². The van der Waals surface area contributed by atoms with Gasteiger partial charge >= 0.3 is 0 Å². The molecule has 1 heterocycles. The van der Waals surface area contributed by atoms with Crippen molar-refractivity contribution in [3.05, 3.63) is 59.7 Å². The summed E-state index contributed by atoms with van der Waals surface area (Å²) in [7, 11) is -3.55. The first-order valence-electron chi connectivity index (χ1n) is 11.7. The highest BCUT2D eigenvalue weighted by Crippen LogP contribution is 2.18. The number of benzene rings is 2. The van der Waals surface area contributed by atoms with Crippen molar-refractivity contribution in [1.82, 2.24) is 14.9 Å². The summed E-state index contributed by atoms with van der Waals surface area (Å²) in [6.07, 6.45) is 1.94. The van der Waals surface area contributed by atoms with E-state index in [9.17, 15) is 13.2 Å². The largest absolute Gasteiger partial charge is 0.369 e. The molecule has 0 spiro atoms.